The summed E-state index contributed by atoms with van der Waals surface area (Å²) < 4.78 is 8.20. The van der Waals surface area contributed by atoms with Crippen molar-refractivity contribution in [3.8, 4) is 0 Å². The molecule has 1 aliphatic heterocycles. The number of carbonyl (C=O) groups is 2. The Balaban J connectivity index is 1.92. The van der Waals surface area contributed by atoms with Gasteiger partial charge in [-0.05, 0) is 54.7 Å². The second kappa shape index (κ2) is 10.6. The Bertz CT molecular complexity index is 981. The monoisotopic (exact) mass is 500 g/mol. The summed E-state index contributed by atoms with van der Waals surface area (Å²) in [5.74, 6) is -0.833. The average molecular weight is 501 g/mol. The van der Waals surface area contributed by atoms with Crippen LogP contribution in [0.1, 0.15) is 43.6 Å². The van der Waals surface area contributed by atoms with Crippen LogP contribution < -0.4 is 0 Å². The summed E-state index contributed by atoms with van der Waals surface area (Å²) in [6.45, 7) is 13.0. The van der Waals surface area contributed by atoms with Gasteiger partial charge in [-0.2, -0.15) is 5.06 Å². The zero-order chi connectivity index (χ0) is 25.1. The zero-order valence-electron chi connectivity index (χ0n) is 21.1. The summed E-state index contributed by atoms with van der Waals surface area (Å²) in [6, 6.07) is 18.7. The Labute approximate surface area is 208 Å². The van der Waals surface area contributed by atoms with Crippen LogP contribution in [0.4, 0.5) is 0 Å². The first-order valence-electron chi connectivity index (χ1n) is 11.6. The largest absolute Gasteiger partial charge is 0.413 e. The fraction of sp³-hybridized carbons (Fsp3) is 0.462. The van der Waals surface area contributed by atoms with Gasteiger partial charge in [0.2, 0.25) is 5.91 Å². The number of hydrogen-bond acceptors (Lipinski definition) is 5. The first kappa shape index (κ1) is 26.5. The van der Waals surface area contributed by atoms with Crippen LogP contribution in [0.5, 0.6) is 0 Å². The van der Waals surface area contributed by atoms with Crippen LogP contribution in [0, 0.1) is 5.92 Å². The molecule has 6 nitrogen and oxygen atoms in total. The van der Waals surface area contributed by atoms with Crippen molar-refractivity contribution in [2.45, 2.75) is 64.7 Å². The smallest absolute Gasteiger partial charge is 0.279 e. The van der Waals surface area contributed by atoms with Gasteiger partial charge in [0, 0.05) is 11.8 Å². The van der Waals surface area contributed by atoms with E-state index in [2.05, 4.69) is 33.9 Å². The van der Waals surface area contributed by atoms with Gasteiger partial charge in [-0.1, -0.05) is 69.3 Å². The van der Waals surface area contributed by atoms with E-state index in [0.29, 0.717) is 5.56 Å². The van der Waals surface area contributed by atoms with E-state index in [1.165, 1.54) is 17.0 Å². The number of hydroxylamine groups is 2. The predicted molar refractivity (Wildman–Crippen MR) is 139 cm³/mol. The van der Waals surface area contributed by atoms with Crippen molar-refractivity contribution in [1.82, 2.24) is 9.37 Å². The third-order valence-electron chi connectivity index (χ3n) is 6.73. The summed E-state index contributed by atoms with van der Waals surface area (Å²) in [6.07, 6.45) is 0.912. The number of carbonyl (C=O) groups excluding carboxylic acids is 2. The molecule has 0 aromatic heterocycles. The lowest BCUT2D eigenvalue weighted by molar-refractivity contribution is -0.224. The second-order valence-electron chi connectivity index (χ2n) is 10.1. The van der Waals surface area contributed by atoms with E-state index in [9.17, 15) is 9.59 Å². The molecule has 0 N–H and O–H groups in total. The van der Waals surface area contributed by atoms with E-state index in [4.69, 9.17) is 9.26 Å². The van der Waals surface area contributed by atoms with Gasteiger partial charge in [0.15, 0.2) is 14.5 Å². The molecular formula is C26H36N2O4SSi. The van der Waals surface area contributed by atoms with Crippen molar-refractivity contribution in [2.75, 3.05) is 6.26 Å². The van der Waals surface area contributed by atoms with Gasteiger partial charge in [-0.3, -0.25) is 18.7 Å². The quantitative estimate of drug-likeness (QED) is 0.190. The predicted octanol–water partition coefficient (Wildman–Crippen LogP) is 5.73. The topological polar surface area (TPSA) is 59.1 Å². The molecular weight excluding hydrogens is 464 g/mol. The fourth-order valence-corrected chi connectivity index (χ4v) is 5.91. The van der Waals surface area contributed by atoms with Crippen molar-refractivity contribution < 1.29 is 18.9 Å². The highest BCUT2D eigenvalue weighted by atomic mass is 32.2. The highest BCUT2D eigenvalue weighted by Gasteiger charge is 2.57. The van der Waals surface area contributed by atoms with E-state index in [1.54, 1.807) is 16.4 Å². The third kappa shape index (κ3) is 5.57. The van der Waals surface area contributed by atoms with Gasteiger partial charge in [0.05, 0.1) is 6.10 Å². The molecule has 1 fully saturated rings. The minimum atomic E-state index is -2.12. The second-order valence-corrected chi connectivity index (χ2v) is 15.6. The number of nitrogens with zero attached hydrogens (tertiary/aromatic N) is 2. The summed E-state index contributed by atoms with van der Waals surface area (Å²) in [4.78, 5) is 32.9. The first-order chi connectivity index (χ1) is 16.0. The molecule has 0 bridgehead atoms. The Morgan fingerprint density at radius 2 is 1.65 bits per heavy atom. The minimum Gasteiger partial charge on any atom is -0.413 e. The van der Waals surface area contributed by atoms with Gasteiger partial charge in [-0.25, -0.2) is 0 Å². The van der Waals surface area contributed by atoms with Gasteiger partial charge < -0.3 is 4.43 Å². The lowest BCUT2D eigenvalue weighted by Crippen LogP contribution is -2.69. The number of amides is 2. The van der Waals surface area contributed by atoms with E-state index >= 15 is 0 Å². The highest BCUT2D eigenvalue weighted by molar-refractivity contribution is 7.96. The Kier molecular flexibility index (Phi) is 8.29. The van der Waals surface area contributed by atoms with Crippen LogP contribution in [0.15, 0.2) is 60.7 Å². The van der Waals surface area contributed by atoms with Crippen molar-refractivity contribution in [3.05, 3.63) is 71.8 Å². The molecule has 3 atom stereocenters. The Morgan fingerprint density at radius 1 is 1.09 bits per heavy atom. The maximum Gasteiger partial charge on any atom is 0.279 e. The lowest BCUT2D eigenvalue weighted by atomic mass is 9.91. The summed E-state index contributed by atoms with van der Waals surface area (Å²) >= 11 is 1.30. The number of hydrogen-bond donors (Lipinski definition) is 0. The number of rotatable bonds is 9. The lowest BCUT2D eigenvalue weighted by Gasteiger charge is -2.52. The average Bonchev–Trinajstić information content (AvgIpc) is 2.78. The van der Waals surface area contributed by atoms with Gasteiger partial charge in [0.25, 0.3) is 5.91 Å². The molecule has 0 aliphatic carbocycles. The van der Waals surface area contributed by atoms with Crippen LogP contribution >= 0.6 is 11.9 Å². The maximum absolute atomic E-state index is 13.6. The first-order valence-corrected chi connectivity index (χ1v) is 15.7. The molecule has 184 valence electrons. The molecule has 1 saturated heterocycles. The Morgan fingerprint density at radius 3 is 2.18 bits per heavy atom. The van der Waals surface area contributed by atoms with E-state index in [0.717, 1.165) is 5.56 Å². The van der Waals surface area contributed by atoms with Crippen LogP contribution in [0.2, 0.25) is 18.1 Å². The zero-order valence-corrected chi connectivity index (χ0v) is 23.0. The molecule has 8 heteroatoms. The molecule has 2 amide bonds. The van der Waals surface area contributed by atoms with Crippen molar-refractivity contribution in [2.24, 2.45) is 5.92 Å². The van der Waals surface area contributed by atoms with Crippen molar-refractivity contribution in [3.63, 3.8) is 0 Å². The van der Waals surface area contributed by atoms with Crippen LogP contribution in [0.25, 0.3) is 0 Å². The molecule has 3 rings (SSSR count). The molecule has 1 aliphatic rings. The number of β-lactam (4-membered cyclic amide) rings is 1. The fourth-order valence-electron chi connectivity index (χ4n) is 3.75. The van der Waals surface area contributed by atoms with E-state index in [1.807, 2.05) is 61.7 Å². The highest BCUT2D eigenvalue weighted by Crippen LogP contribution is 2.43. The molecule has 0 radical (unpaired) electrons. The summed E-state index contributed by atoms with van der Waals surface area (Å²) in [7, 11) is -2.12. The molecule has 0 saturated carbocycles. The Hall–Kier alpha value is -2.13. The van der Waals surface area contributed by atoms with Crippen LogP contribution in [0.3, 0.4) is 0 Å². The standard InChI is InChI=1S/C26H36N2O4SSi/c1-19(32-34(6,7)26(2,3)4)22-23(28(33-5)25(22)30)27(24(29)21-16-12-9-13-17-21)31-18-20-14-10-8-11-15-20/h8-17,19,22-23H,18H2,1-7H3/t19-,22-,23+/m1/s1. The molecule has 2 aromatic rings. The molecule has 1 heterocycles. The maximum atomic E-state index is 13.6. The van der Waals surface area contributed by atoms with Crippen molar-refractivity contribution >= 4 is 32.1 Å². The van der Waals surface area contributed by atoms with Gasteiger partial charge in [-0.15, -0.1) is 0 Å². The number of benzene rings is 2. The summed E-state index contributed by atoms with van der Waals surface area (Å²) in [5, 5.41) is 1.38. The normalized spacial score (nSPS) is 19.5. The molecule has 34 heavy (non-hydrogen) atoms. The minimum absolute atomic E-state index is 0.00605. The molecule has 2 aromatic carbocycles. The van der Waals surface area contributed by atoms with Crippen molar-refractivity contribution in [1.29, 1.82) is 0 Å². The van der Waals surface area contributed by atoms with Gasteiger partial charge >= 0.3 is 0 Å². The molecule has 0 spiro atoms. The van der Waals surface area contributed by atoms with Gasteiger partial charge in [0.1, 0.15) is 12.5 Å². The third-order valence-corrected chi connectivity index (χ3v) is 12.1. The molecule has 0 unspecified atom stereocenters. The van der Waals surface area contributed by atoms with Crippen LogP contribution in [-0.4, -0.2) is 48.0 Å². The van der Waals surface area contributed by atoms with Crippen LogP contribution in [-0.2, 0) is 20.7 Å². The van der Waals surface area contributed by atoms with E-state index < -0.39 is 20.4 Å². The van der Waals surface area contributed by atoms with E-state index in [-0.39, 0.29) is 29.6 Å². The summed E-state index contributed by atoms with van der Waals surface area (Å²) in [5.41, 5.74) is 1.45. The SMILES string of the molecule is CSN1C(=O)[C@H]([C@@H](C)O[Si](C)(C)C(C)(C)C)[C@H]1N(OCc1ccccc1)C(=O)c1ccccc1.